The van der Waals surface area contributed by atoms with E-state index in [1.165, 1.54) is 0 Å². The van der Waals surface area contributed by atoms with Crippen LogP contribution in [0.4, 0.5) is 5.82 Å². The molecule has 0 amide bonds. The Morgan fingerprint density at radius 3 is 2.60 bits per heavy atom. The molecule has 0 aliphatic heterocycles. The summed E-state index contributed by atoms with van der Waals surface area (Å²) in [7, 11) is 0. The number of hydrogen-bond donors (Lipinski definition) is 1. The molecule has 1 heterocycles. The topological polar surface area (TPSA) is 51.8 Å². The van der Waals surface area contributed by atoms with Crippen LogP contribution in [0, 0.1) is 0 Å². The highest BCUT2D eigenvalue weighted by Crippen LogP contribution is 2.31. The molecule has 2 N–H and O–H groups in total. The molecule has 1 aromatic heterocycles. The third kappa shape index (κ3) is 2.11. The van der Waals surface area contributed by atoms with Crippen molar-refractivity contribution in [1.82, 2.24) is 9.97 Å². The fraction of sp³-hybridized carbons (Fsp3) is 0. The van der Waals surface area contributed by atoms with Crippen molar-refractivity contribution in [3.8, 4) is 11.3 Å². The van der Waals surface area contributed by atoms with Crippen LogP contribution in [0.15, 0.2) is 35.1 Å². The summed E-state index contributed by atoms with van der Waals surface area (Å²) in [5.41, 5.74) is 7.27. The van der Waals surface area contributed by atoms with Gasteiger partial charge in [-0.05, 0) is 12.1 Å². The molecule has 0 atom stereocenters. The fourth-order valence-corrected chi connectivity index (χ4v) is 2.11. The summed E-state index contributed by atoms with van der Waals surface area (Å²) in [4.78, 5) is 8.16. The van der Waals surface area contributed by atoms with Crippen molar-refractivity contribution >= 4 is 33.3 Å². The van der Waals surface area contributed by atoms with Crippen molar-refractivity contribution in [3.63, 3.8) is 0 Å². The number of benzene rings is 1. The summed E-state index contributed by atoms with van der Waals surface area (Å²) in [6.45, 7) is 0. The Hall–Kier alpha value is -1.13. The highest BCUT2D eigenvalue weighted by molar-refractivity contribution is 9.10. The molecular weight excluding hydrogens is 277 g/mol. The first-order valence-electron chi connectivity index (χ1n) is 4.20. The number of aromatic nitrogens is 2. The molecule has 3 nitrogen and oxygen atoms in total. The van der Waals surface area contributed by atoms with Gasteiger partial charge in [0.15, 0.2) is 0 Å². The quantitative estimate of drug-likeness (QED) is 0.875. The maximum atomic E-state index is 5.85. The second-order valence-electron chi connectivity index (χ2n) is 2.91. The van der Waals surface area contributed by atoms with Gasteiger partial charge in [-0.3, -0.25) is 4.98 Å². The van der Waals surface area contributed by atoms with Crippen LogP contribution in [0.1, 0.15) is 0 Å². The summed E-state index contributed by atoms with van der Waals surface area (Å²) in [5.74, 6) is 0.403. The Morgan fingerprint density at radius 2 is 1.93 bits per heavy atom. The van der Waals surface area contributed by atoms with Crippen LogP contribution >= 0.6 is 27.5 Å². The van der Waals surface area contributed by atoms with Crippen LogP contribution in [-0.2, 0) is 0 Å². The summed E-state index contributed by atoms with van der Waals surface area (Å²) in [6, 6.07) is 5.44. The number of nitrogen functional groups attached to an aromatic ring is 1. The Bertz CT molecular complexity index is 502. The minimum absolute atomic E-state index is 0.403. The first kappa shape index (κ1) is 10.4. The predicted molar refractivity (Wildman–Crippen MR) is 64.6 cm³/mol. The van der Waals surface area contributed by atoms with Crippen molar-refractivity contribution < 1.29 is 0 Å². The van der Waals surface area contributed by atoms with Gasteiger partial charge < -0.3 is 5.73 Å². The first-order valence-corrected chi connectivity index (χ1v) is 5.37. The molecule has 5 heteroatoms. The SMILES string of the molecule is Nc1nccnc1-c1ccc(Cl)cc1Br. The maximum Gasteiger partial charge on any atom is 0.150 e. The highest BCUT2D eigenvalue weighted by Gasteiger charge is 2.08. The predicted octanol–water partition coefficient (Wildman–Crippen LogP) is 3.14. The zero-order chi connectivity index (χ0) is 10.8. The van der Waals surface area contributed by atoms with Gasteiger partial charge in [-0.2, -0.15) is 0 Å². The Balaban J connectivity index is 2.60. The van der Waals surface area contributed by atoms with E-state index >= 15 is 0 Å². The zero-order valence-corrected chi connectivity index (χ0v) is 9.96. The van der Waals surface area contributed by atoms with Crippen LogP contribution in [0.3, 0.4) is 0 Å². The monoisotopic (exact) mass is 283 g/mol. The van der Waals surface area contributed by atoms with E-state index < -0.39 is 0 Å². The highest BCUT2D eigenvalue weighted by atomic mass is 79.9. The van der Waals surface area contributed by atoms with Gasteiger partial charge in [0.1, 0.15) is 11.5 Å². The van der Waals surface area contributed by atoms with Crippen molar-refractivity contribution in [2.45, 2.75) is 0 Å². The smallest absolute Gasteiger partial charge is 0.150 e. The van der Waals surface area contributed by atoms with E-state index in [2.05, 4.69) is 25.9 Å². The lowest BCUT2D eigenvalue weighted by Gasteiger charge is -2.05. The molecule has 0 spiro atoms. The molecule has 2 aromatic rings. The fourth-order valence-electron chi connectivity index (χ4n) is 1.24. The van der Waals surface area contributed by atoms with Gasteiger partial charge in [0.05, 0.1) is 0 Å². The summed E-state index contributed by atoms with van der Waals surface area (Å²) >= 11 is 9.26. The molecule has 1 aromatic carbocycles. The molecule has 0 saturated heterocycles. The van der Waals surface area contributed by atoms with Gasteiger partial charge in [0.25, 0.3) is 0 Å². The maximum absolute atomic E-state index is 5.85. The molecule has 0 bridgehead atoms. The number of anilines is 1. The molecule has 0 unspecified atom stereocenters. The van der Waals surface area contributed by atoms with Crippen molar-refractivity contribution in [3.05, 3.63) is 40.1 Å². The lowest BCUT2D eigenvalue weighted by molar-refractivity contribution is 1.21. The van der Waals surface area contributed by atoms with Crippen LogP contribution in [0.2, 0.25) is 5.02 Å². The second kappa shape index (κ2) is 4.16. The summed E-state index contributed by atoms with van der Waals surface area (Å²) in [5, 5.41) is 0.660. The van der Waals surface area contributed by atoms with E-state index in [-0.39, 0.29) is 0 Å². The Labute approximate surface area is 100 Å². The number of rotatable bonds is 1. The third-order valence-electron chi connectivity index (χ3n) is 1.91. The van der Waals surface area contributed by atoms with Gasteiger partial charge in [0, 0.05) is 27.5 Å². The van der Waals surface area contributed by atoms with Crippen molar-refractivity contribution in [1.29, 1.82) is 0 Å². The van der Waals surface area contributed by atoms with Gasteiger partial charge in [-0.15, -0.1) is 0 Å². The molecule has 0 saturated carbocycles. The lowest BCUT2D eigenvalue weighted by Crippen LogP contribution is -1.96. The Morgan fingerprint density at radius 1 is 1.20 bits per heavy atom. The minimum atomic E-state index is 0.403. The normalized spacial score (nSPS) is 10.3. The van der Waals surface area contributed by atoms with Crippen LogP contribution < -0.4 is 5.73 Å². The van der Waals surface area contributed by atoms with Crippen molar-refractivity contribution in [2.24, 2.45) is 0 Å². The first-order chi connectivity index (χ1) is 7.18. The van der Waals surface area contributed by atoms with Crippen LogP contribution in [0.5, 0.6) is 0 Å². The average Bonchev–Trinajstić information content (AvgIpc) is 2.20. The molecule has 15 heavy (non-hydrogen) atoms. The largest absolute Gasteiger partial charge is 0.382 e. The number of nitrogens with two attached hydrogens (primary N) is 1. The second-order valence-corrected chi connectivity index (χ2v) is 4.21. The number of hydrogen-bond acceptors (Lipinski definition) is 3. The number of halogens is 2. The molecular formula is C10H7BrClN3. The van der Waals surface area contributed by atoms with Gasteiger partial charge >= 0.3 is 0 Å². The van der Waals surface area contributed by atoms with E-state index in [9.17, 15) is 0 Å². The molecule has 0 aliphatic rings. The van der Waals surface area contributed by atoms with Gasteiger partial charge in [-0.25, -0.2) is 4.98 Å². The molecule has 0 aliphatic carbocycles. The van der Waals surface area contributed by atoms with E-state index in [1.807, 2.05) is 6.07 Å². The Kier molecular flexibility index (Phi) is 2.88. The standard InChI is InChI=1S/C10H7BrClN3/c11-8-5-6(12)1-2-7(8)9-10(13)15-4-3-14-9/h1-5H,(H2,13,15). The van der Waals surface area contributed by atoms with E-state index in [4.69, 9.17) is 17.3 Å². The van der Waals surface area contributed by atoms with E-state index in [0.29, 0.717) is 16.5 Å². The molecule has 0 fully saturated rings. The summed E-state index contributed by atoms with van der Waals surface area (Å²) < 4.78 is 0.849. The molecule has 0 radical (unpaired) electrons. The zero-order valence-electron chi connectivity index (χ0n) is 7.61. The molecule has 2 rings (SSSR count). The number of nitrogens with zero attached hydrogens (tertiary/aromatic N) is 2. The third-order valence-corrected chi connectivity index (χ3v) is 2.80. The summed E-state index contributed by atoms with van der Waals surface area (Å²) in [6.07, 6.45) is 3.16. The van der Waals surface area contributed by atoms with Crippen LogP contribution in [-0.4, -0.2) is 9.97 Å². The van der Waals surface area contributed by atoms with E-state index in [1.54, 1.807) is 24.5 Å². The lowest BCUT2D eigenvalue weighted by atomic mass is 10.1. The molecule has 76 valence electrons. The minimum Gasteiger partial charge on any atom is -0.382 e. The van der Waals surface area contributed by atoms with Gasteiger partial charge in [0.2, 0.25) is 0 Å². The average molecular weight is 285 g/mol. The van der Waals surface area contributed by atoms with Crippen LogP contribution in [0.25, 0.3) is 11.3 Å². The van der Waals surface area contributed by atoms with Crippen molar-refractivity contribution in [2.75, 3.05) is 5.73 Å². The van der Waals surface area contributed by atoms with Gasteiger partial charge in [-0.1, -0.05) is 33.6 Å². The van der Waals surface area contributed by atoms with E-state index in [0.717, 1.165) is 10.0 Å².